The highest BCUT2D eigenvalue weighted by atomic mass is 16.5. The van der Waals surface area contributed by atoms with E-state index in [0.717, 1.165) is 28.4 Å². The van der Waals surface area contributed by atoms with Crippen LogP contribution in [0.5, 0.6) is 17.2 Å². The Bertz CT molecular complexity index is 867. The lowest BCUT2D eigenvalue weighted by Gasteiger charge is -2.09. The number of aromatic nitrogens is 1. The van der Waals surface area contributed by atoms with Crippen molar-refractivity contribution in [2.45, 2.75) is 0 Å². The van der Waals surface area contributed by atoms with Crippen LogP contribution < -0.4 is 14.2 Å². The Morgan fingerprint density at radius 2 is 1.70 bits per heavy atom. The second-order valence-corrected chi connectivity index (χ2v) is 5.01. The van der Waals surface area contributed by atoms with E-state index in [0.29, 0.717) is 22.8 Å². The highest BCUT2D eigenvalue weighted by Crippen LogP contribution is 2.36. The zero-order valence-electron chi connectivity index (χ0n) is 13.2. The van der Waals surface area contributed by atoms with Gasteiger partial charge in [0.1, 0.15) is 5.75 Å². The molecule has 0 aliphatic carbocycles. The van der Waals surface area contributed by atoms with Crippen LogP contribution in [0, 0.1) is 0 Å². The summed E-state index contributed by atoms with van der Waals surface area (Å²) in [7, 11) is 4.77. The summed E-state index contributed by atoms with van der Waals surface area (Å²) < 4.78 is 15.8. The molecule has 5 heteroatoms. The van der Waals surface area contributed by atoms with Crippen LogP contribution in [-0.2, 0) is 0 Å². The van der Waals surface area contributed by atoms with Crippen molar-refractivity contribution in [3.63, 3.8) is 0 Å². The summed E-state index contributed by atoms with van der Waals surface area (Å²) in [6, 6.07) is 11.1. The average Bonchev–Trinajstić information content (AvgIpc) is 2.98. The number of carbonyl (C=O) groups excluding carboxylic acids is 1. The van der Waals surface area contributed by atoms with Crippen molar-refractivity contribution < 1.29 is 19.0 Å². The fourth-order valence-electron chi connectivity index (χ4n) is 2.66. The standard InChI is InChI=1S/C18H17NO4/c1-21-12-5-6-15-13(9-12)14(10-20)18(19-15)11-4-7-16(22-2)17(8-11)23-3/h4-10,19H,1-3H3. The highest BCUT2D eigenvalue weighted by molar-refractivity contribution is 6.04. The monoisotopic (exact) mass is 311 g/mol. The van der Waals surface area contributed by atoms with Crippen LogP contribution in [-0.4, -0.2) is 32.6 Å². The summed E-state index contributed by atoms with van der Waals surface area (Å²) in [5.74, 6) is 1.96. The first kappa shape index (κ1) is 15.0. The molecule has 0 unspecified atom stereocenters. The number of aldehydes is 1. The number of hydrogen-bond donors (Lipinski definition) is 1. The maximum Gasteiger partial charge on any atom is 0.161 e. The Kier molecular flexibility index (Phi) is 3.93. The van der Waals surface area contributed by atoms with Gasteiger partial charge >= 0.3 is 0 Å². The van der Waals surface area contributed by atoms with Crippen LogP contribution >= 0.6 is 0 Å². The van der Waals surface area contributed by atoms with Crippen molar-refractivity contribution >= 4 is 17.2 Å². The Hall–Kier alpha value is -2.95. The largest absolute Gasteiger partial charge is 0.497 e. The van der Waals surface area contributed by atoms with Gasteiger partial charge in [0.2, 0.25) is 0 Å². The van der Waals surface area contributed by atoms with E-state index >= 15 is 0 Å². The van der Waals surface area contributed by atoms with Gasteiger partial charge in [-0.15, -0.1) is 0 Å². The molecule has 1 heterocycles. The average molecular weight is 311 g/mol. The predicted octanol–water partition coefficient (Wildman–Crippen LogP) is 3.67. The predicted molar refractivity (Wildman–Crippen MR) is 88.8 cm³/mol. The normalized spacial score (nSPS) is 10.6. The molecule has 1 N–H and O–H groups in total. The van der Waals surface area contributed by atoms with E-state index in [1.165, 1.54) is 0 Å². The Morgan fingerprint density at radius 3 is 2.35 bits per heavy atom. The number of hydrogen-bond acceptors (Lipinski definition) is 4. The van der Waals surface area contributed by atoms with Gasteiger partial charge in [0.25, 0.3) is 0 Å². The van der Waals surface area contributed by atoms with Crippen LogP contribution in [0.25, 0.3) is 22.2 Å². The van der Waals surface area contributed by atoms with Gasteiger partial charge in [-0.25, -0.2) is 0 Å². The summed E-state index contributed by atoms with van der Waals surface area (Å²) in [4.78, 5) is 14.9. The molecular weight excluding hydrogens is 294 g/mol. The molecule has 0 aliphatic rings. The minimum atomic E-state index is 0.589. The molecule has 0 bridgehead atoms. The Labute approximate surface area is 133 Å². The number of carbonyl (C=O) groups is 1. The maximum atomic E-state index is 11.6. The molecule has 0 aliphatic heterocycles. The van der Waals surface area contributed by atoms with Crippen LogP contribution in [0.1, 0.15) is 10.4 Å². The van der Waals surface area contributed by atoms with E-state index in [9.17, 15) is 4.79 Å². The minimum Gasteiger partial charge on any atom is -0.497 e. The molecule has 0 atom stereocenters. The fraction of sp³-hybridized carbons (Fsp3) is 0.167. The van der Waals surface area contributed by atoms with Crippen molar-refractivity contribution in [3.8, 4) is 28.5 Å². The molecule has 0 fully saturated rings. The van der Waals surface area contributed by atoms with Crippen molar-refractivity contribution in [2.75, 3.05) is 21.3 Å². The third-order valence-corrected chi connectivity index (χ3v) is 3.84. The van der Waals surface area contributed by atoms with E-state index < -0.39 is 0 Å². The first-order chi connectivity index (χ1) is 11.2. The molecule has 2 aromatic carbocycles. The molecule has 0 saturated heterocycles. The number of rotatable bonds is 5. The molecule has 118 valence electrons. The number of methoxy groups -OCH3 is 3. The van der Waals surface area contributed by atoms with Crippen molar-refractivity contribution in [1.29, 1.82) is 0 Å². The van der Waals surface area contributed by atoms with Crippen LogP contribution in [0.3, 0.4) is 0 Å². The van der Waals surface area contributed by atoms with Gasteiger partial charge in [0.15, 0.2) is 17.8 Å². The molecule has 5 nitrogen and oxygen atoms in total. The van der Waals surface area contributed by atoms with E-state index in [-0.39, 0.29) is 0 Å². The Balaban J connectivity index is 2.21. The van der Waals surface area contributed by atoms with Gasteiger partial charge in [0.05, 0.1) is 27.0 Å². The van der Waals surface area contributed by atoms with E-state index in [4.69, 9.17) is 14.2 Å². The van der Waals surface area contributed by atoms with Crippen molar-refractivity contribution in [1.82, 2.24) is 4.98 Å². The third kappa shape index (κ3) is 2.50. The lowest BCUT2D eigenvalue weighted by molar-refractivity contribution is 0.112. The zero-order chi connectivity index (χ0) is 16.4. The van der Waals surface area contributed by atoms with Crippen LogP contribution in [0.2, 0.25) is 0 Å². The summed E-state index contributed by atoms with van der Waals surface area (Å²) in [5, 5.41) is 0.823. The molecule has 3 aromatic rings. The first-order valence-electron chi connectivity index (χ1n) is 7.09. The summed E-state index contributed by atoms with van der Waals surface area (Å²) in [5.41, 5.74) is 3.05. The quantitative estimate of drug-likeness (QED) is 0.730. The number of ether oxygens (including phenoxy) is 3. The van der Waals surface area contributed by atoms with Gasteiger partial charge in [-0.2, -0.15) is 0 Å². The number of aromatic amines is 1. The maximum absolute atomic E-state index is 11.6. The fourth-order valence-corrected chi connectivity index (χ4v) is 2.66. The molecule has 23 heavy (non-hydrogen) atoms. The molecule has 0 radical (unpaired) electrons. The lowest BCUT2D eigenvalue weighted by atomic mass is 10.1. The van der Waals surface area contributed by atoms with Crippen LogP contribution in [0.15, 0.2) is 36.4 Å². The summed E-state index contributed by atoms with van der Waals surface area (Å²) in [6.45, 7) is 0. The third-order valence-electron chi connectivity index (χ3n) is 3.84. The SMILES string of the molecule is COc1ccc2[nH]c(-c3ccc(OC)c(OC)c3)c(C=O)c2c1. The molecule has 0 amide bonds. The molecule has 0 saturated carbocycles. The van der Waals surface area contributed by atoms with E-state index in [2.05, 4.69) is 4.98 Å². The lowest BCUT2D eigenvalue weighted by Crippen LogP contribution is -1.92. The number of nitrogens with one attached hydrogen (secondary N) is 1. The van der Waals surface area contributed by atoms with Crippen molar-refractivity contribution in [3.05, 3.63) is 42.0 Å². The van der Waals surface area contributed by atoms with Gasteiger partial charge in [-0.1, -0.05) is 0 Å². The Morgan fingerprint density at radius 1 is 0.913 bits per heavy atom. The van der Waals surface area contributed by atoms with E-state index in [1.54, 1.807) is 21.3 Å². The van der Waals surface area contributed by atoms with E-state index in [1.807, 2.05) is 36.4 Å². The molecule has 0 spiro atoms. The first-order valence-corrected chi connectivity index (χ1v) is 7.09. The smallest absolute Gasteiger partial charge is 0.161 e. The number of H-pyrrole nitrogens is 1. The molecular formula is C18H17NO4. The highest BCUT2D eigenvalue weighted by Gasteiger charge is 2.15. The van der Waals surface area contributed by atoms with Crippen LogP contribution in [0.4, 0.5) is 0 Å². The number of benzene rings is 2. The topological polar surface area (TPSA) is 60.6 Å². The molecule has 1 aromatic heterocycles. The summed E-state index contributed by atoms with van der Waals surface area (Å²) >= 11 is 0. The second kappa shape index (κ2) is 6.04. The molecule has 3 rings (SSSR count). The minimum absolute atomic E-state index is 0.589. The van der Waals surface area contributed by atoms with Gasteiger partial charge in [-0.3, -0.25) is 4.79 Å². The van der Waals surface area contributed by atoms with Gasteiger partial charge < -0.3 is 19.2 Å². The van der Waals surface area contributed by atoms with Gasteiger partial charge in [-0.05, 0) is 36.4 Å². The zero-order valence-corrected chi connectivity index (χ0v) is 13.2. The second-order valence-electron chi connectivity index (χ2n) is 5.01. The van der Waals surface area contributed by atoms with Crippen molar-refractivity contribution in [2.24, 2.45) is 0 Å². The summed E-state index contributed by atoms with van der Waals surface area (Å²) in [6.07, 6.45) is 0.852. The number of fused-ring (bicyclic) bond motifs is 1. The van der Waals surface area contributed by atoms with Gasteiger partial charge in [0, 0.05) is 22.0 Å².